The molecule has 1 heterocycles. The molecular weight excluding hydrogens is 331 g/mol. The molecule has 0 spiro atoms. The number of aryl methyl sites for hydroxylation is 1. The van der Waals surface area contributed by atoms with Crippen LogP contribution in [-0.2, 0) is 0 Å². The van der Waals surface area contributed by atoms with Crippen molar-refractivity contribution in [2.75, 3.05) is 0 Å². The molecule has 118 valence electrons. The van der Waals surface area contributed by atoms with Gasteiger partial charge in [-0.2, -0.15) is 0 Å². The smallest absolute Gasteiger partial charge is 0.266 e. The first-order chi connectivity index (χ1) is 10.9. The van der Waals surface area contributed by atoms with Crippen LogP contribution in [0.1, 0.15) is 31.2 Å². The lowest BCUT2D eigenvalue weighted by Gasteiger charge is -2.13. The molecule has 2 aromatic carbocycles. The highest BCUT2D eigenvalue weighted by Crippen LogP contribution is 2.25. The van der Waals surface area contributed by atoms with Gasteiger partial charge in [0.15, 0.2) is 0 Å². The first kappa shape index (κ1) is 16.0. The Morgan fingerprint density at radius 2 is 1.74 bits per heavy atom. The van der Waals surface area contributed by atoms with Gasteiger partial charge in [-0.25, -0.2) is 4.98 Å². The second-order valence-corrected chi connectivity index (χ2v) is 6.67. The number of benzene rings is 2. The summed E-state index contributed by atoms with van der Waals surface area (Å²) in [4.78, 5) is 17.4. The van der Waals surface area contributed by atoms with Crippen molar-refractivity contribution < 1.29 is 0 Å². The van der Waals surface area contributed by atoms with Crippen molar-refractivity contribution >= 4 is 34.1 Å². The van der Waals surface area contributed by atoms with Crippen molar-refractivity contribution in [2.45, 2.75) is 26.7 Å². The average Bonchev–Trinajstić information content (AvgIpc) is 2.49. The van der Waals surface area contributed by atoms with E-state index in [1.54, 1.807) is 23.6 Å². The molecular formula is C18H16Cl2N2O. The Labute approximate surface area is 144 Å². The Hall–Kier alpha value is -1.84. The van der Waals surface area contributed by atoms with E-state index in [-0.39, 0.29) is 5.56 Å². The molecule has 0 amide bonds. The third-order valence-electron chi connectivity index (χ3n) is 3.88. The largest absolute Gasteiger partial charge is 0.268 e. The lowest BCUT2D eigenvalue weighted by molar-refractivity contribution is 0.858. The molecule has 0 saturated carbocycles. The van der Waals surface area contributed by atoms with Crippen LogP contribution >= 0.6 is 23.2 Å². The zero-order valence-corrected chi connectivity index (χ0v) is 14.6. The summed E-state index contributed by atoms with van der Waals surface area (Å²) < 4.78 is 1.58. The van der Waals surface area contributed by atoms with Gasteiger partial charge in [-0.15, -0.1) is 0 Å². The minimum absolute atomic E-state index is 0.172. The molecule has 23 heavy (non-hydrogen) atoms. The molecule has 0 unspecified atom stereocenters. The third kappa shape index (κ3) is 2.87. The molecule has 0 aliphatic rings. The minimum Gasteiger partial charge on any atom is -0.268 e. The van der Waals surface area contributed by atoms with Crippen molar-refractivity contribution in [3.05, 3.63) is 68.2 Å². The maximum atomic E-state index is 12.9. The molecule has 3 nitrogen and oxygen atoms in total. The van der Waals surface area contributed by atoms with Gasteiger partial charge in [0, 0.05) is 5.02 Å². The van der Waals surface area contributed by atoms with Crippen molar-refractivity contribution in [3.8, 4) is 5.69 Å². The Morgan fingerprint density at radius 1 is 1.09 bits per heavy atom. The monoisotopic (exact) mass is 346 g/mol. The van der Waals surface area contributed by atoms with Gasteiger partial charge in [0.25, 0.3) is 5.56 Å². The van der Waals surface area contributed by atoms with Crippen LogP contribution in [0.15, 0.2) is 41.2 Å². The van der Waals surface area contributed by atoms with Gasteiger partial charge in [-0.1, -0.05) is 49.2 Å². The third-order valence-corrected chi connectivity index (χ3v) is 4.38. The van der Waals surface area contributed by atoms with Crippen LogP contribution in [0.3, 0.4) is 0 Å². The van der Waals surface area contributed by atoms with Crippen LogP contribution < -0.4 is 5.56 Å². The number of halogens is 2. The number of rotatable bonds is 2. The standard InChI is InChI=1S/C18H16Cl2N2O/c1-10(2)12-4-6-14(7-5-12)22-11(3)21-17-15(18(22)23)8-13(19)9-16(17)20/h4-10H,1-3H3. The summed E-state index contributed by atoms with van der Waals surface area (Å²) in [6, 6.07) is 11.1. The van der Waals surface area contributed by atoms with Crippen molar-refractivity contribution in [2.24, 2.45) is 0 Å². The van der Waals surface area contributed by atoms with Gasteiger partial charge >= 0.3 is 0 Å². The molecule has 3 rings (SSSR count). The molecule has 0 bridgehead atoms. The maximum absolute atomic E-state index is 12.9. The van der Waals surface area contributed by atoms with Gasteiger partial charge in [0.05, 0.1) is 21.6 Å². The fourth-order valence-electron chi connectivity index (χ4n) is 2.63. The van der Waals surface area contributed by atoms with Crippen LogP contribution in [0.25, 0.3) is 16.6 Å². The van der Waals surface area contributed by atoms with Crippen LogP contribution in [0.5, 0.6) is 0 Å². The van der Waals surface area contributed by atoms with E-state index in [9.17, 15) is 4.79 Å². The lowest BCUT2D eigenvalue weighted by atomic mass is 10.0. The van der Waals surface area contributed by atoms with Gasteiger partial charge in [-0.3, -0.25) is 9.36 Å². The zero-order valence-electron chi connectivity index (χ0n) is 13.1. The van der Waals surface area contributed by atoms with Crippen LogP contribution in [0, 0.1) is 6.92 Å². The Bertz CT molecular complexity index is 944. The normalized spacial score (nSPS) is 11.4. The number of hydrogen-bond donors (Lipinski definition) is 0. The predicted octanol–water partition coefficient (Wildman–Crippen LogP) is 5.12. The first-order valence-corrected chi connectivity index (χ1v) is 8.13. The molecule has 0 fully saturated rings. The number of aromatic nitrogens is 2. The second kappa shape index (κ2) is 5.99. The van der Waals surface area contributed by atoms with E-state index in [2.05, 4.69) is 18.8 Å². The minimum atomic E-state index is -0.172. The molecule has 0 radical (unpaired) electrons. The highest BCUT2D eigenvalue weighted by molar-refractivity contribution is 6.38. The molecule has 0 N–H and O–H groups in total. The van der Waals surface area contributed by atoms with Crippen LogP contribution in [0.2, 0.25) is 10.0 Å². The first-order valence-electron chi connectivity index (χ1n) is 7.37. The Kier molecular flexibility index (Phi) is 4.17. The summed E-state index contributed by atoms with van der Waals surface area (Å²) >= 11 is 12.2. The number of nitrogens with zero attached hydrogens (tertiary/aromatic N) is 2. The maximum Gasteiger partial charge on any atom is 0.266 e. The zero-order chi connectivity index (χ0) is 16.7. The molecule has 0 atom stereocenters. The van der Waals surface area contributed by atoms with Gasteiger partial charge in [0.2, 0.25) is 0 Å². The Balaban J connectivity index is 2.27. The Morgan fingerprint density at radius 3 is 2.35 bits per heavy atom. The van der Waals surface area contributed by atoms with E-state index in [0.29, 0.717) is 32.7 Å². The predicted molar refractivity (Wildman–Crippen MR) is 96.2 cm³/mol. The molecule has 0 aliphatic heterocycles. The molecule has 3 aromatic rings. The van der Waals surface area contributed by atoms with E-state index in [0.717, 1.165) is 5.69 Å². The van der Waals surface area contributed by atoms with Gasteiger partial charge in [0.1, 0.15) is 5.82 Å². The molecule has 5 heteroatoms. The van der Waals surface area contributed by atoms with E-state index < -0.39 is 0 Å². The lowest BCUT2D eigenvalue weighted by Crippen LogP contribution is -2.22. The summed E-state index contributed by atoms with van der Waals surface area (Å²) in [6.07, 6.45) is 0. The van der Waals surface area contributed by atoms with Crippen molar-refractivity contribution in [1.29, 1.82) is 0 Å². The summed E-state index contributed by atoms with van der Waals surface area (Å²) in [5.41, 5.74) is 2.31. The quantitative estimate of drug-likeness (QED) is 0.645. The van der Waals surface area contributed by atoms with Crippen LogP contribution in [0.4, 0.5) is 0 Å². The van der Waals surface area contributed by atoms with E-state index >= 15 is 0 Å². The highest BCUT2D eigenvalue weighted by atomic mass is 35.5. The fraction of sp³-hybridized carbons (Fsp3) is 0.222. The van der Waals surface area contributed by atoms with Gasteiger partial charge in [-0.05, 0) is 42.7 Å². The summed E-state index contributed by atoms with van der Waals surface area (Å²) in [5, 5.41) is 1.23. The average molecular weight is 347 g/mol. The van der Waals surface area contributed by atoms with Gasteiger partial charge < -0.3 is 0 Å². The van der Waals surface area contributed by atoms with Crippen LogP contribution in [-0.4, -0.2) is 9.55 Å². The fourth-order valence-corrected chi connectivity index (χ4v) is 3.17. The second-order valence-electron chi connectivity index (χ2n) is 5.83. The summed E-state index contributed by atoms with van der Waals surface area (Å²) in [5.74, 6) is 1.03. The van der Waals surface area contributed by atoms with Crippen molar-refractivity contribution in [1.82, 2.24) is 9.55 Å². The molecule has 0 aliphatic carbocycles. The number of hydrogen-bond acceptors (Lipinski definition) is 2. The van der Waals surface area contributed by atoms with Crippen molar-refractivity contribution in [3.63, 3.8) is 0 Å². The van der Waals surface area contributed by atoms with E-state index in [1.807, 2.05) is 24.3 Å². The summed E-state index contributed by atoms with van der Waals surface area (Å²) in [6.45, 7) is 6.06. The molecule has 0 saturated heterocycles. The van der Waals surface area contributed by atoms with E-state index in [1.165, 1.54) is 5.56 Å². The topological polar surface area (TPSA) is 34.9 Å². The summed E-state index contributed by atoms with van der Waals surface area (Å²) in [7, 11) is 0. The van der Waals surface area contributed by atoms with E-state index in [4.69, 9.17) is 23.2 Å². The highest BCUT2D eigenvalue weighted by Gasteiger charge is 2.13. The molecule has 1 aromatic heterocycles. The SMILES string of the molecule is Cc1nc2c(Cl)cc(Cl)cc2c(=O)n1-c1ccc(C(C)C)cc1. The number of fused-ring (bicyclic) bond motifs is 1.